The van der Waals surface area contributed by atoms with Crippen LogP contribution in [0.5, 0.6) is 0 Å². The lowest BCUT2D eigenvalue weighted by Crippen LogP contribution is -2.67. The van der Waals surface area contributed by atoms with E-state index in [0.29, 0.717) is 6.61 Å². The fourth-order valence-corrected chi connectivity index (χ4v) is 13.2. The third-order valence-electron chi connectivity index (χ3n) is 11.2. The van der Waals surface area contributed by atoms with E-state index in [2.05, 4.69) is 180 Å². The molecule has 0 bridgehead atoms. The van der Waals surface area contributed by atoms with Crippen LogP contribution in [0.2, 0.25) is 41.3 Å². The van der Waals surface area contributed by atoms with E-state index < -0.39 is 25.0 Å². The zero-order valence-corrected chi connectivity index (χ0v) is 36.6. The first-order valence-corrected chi connectivity index (χ1v) is 26.4. The van der Waals surface area contributed by atoms with Crippen LogP contribution in [0.3, 0.4) is 0 Å². The van der Waals surface area contributed by atoms with E-state index in [-0.39, 0.29) is 39.5 Å². The van der Waals surface area contributed by atoms with Gasteiger partial charge in [-0.3, -0.25) is 0 Å². The summed E-state index contributed by atoms with van der Waals surface area (Å²) in [6.07, 6.45) is 12.9. The van der Waals surface area contributed by atoms with E-state index in [1.54, 1.807) is 0 Å². The van der Waals surface area contributed by atoms with Crippen molar-refractivity contribution in [1.29, 1.82) is 0 Å². The van der Waals surface area contributed by atoms with Crippen molar-refractivity contribution in [3.8, 4) is 0 Å². The highest BCUT2D eigenvalue weighted by Crippen LogP contribution is 2.40. The molecule has 1 heterocycles. The maximum absolute atomic E-state index is 7.30. The van der Waals surface area contributed by atoms with Gasteiger partial charge in [-0.15, -0.1) is 0 Å². The molecule has 4 atom stereocenters. The average molecular weight is 723 g/mol. The Morgan fingerprint density at radius 1 is 0.735 bits per heavy atom. The molecule has 3 rings (SSSR count). The molecule has 0 aliphatic carbocycles. The molecule has 0 unspecified atom stereocenters. The van der Waals surface area contributed by atoms with Gasteiger partial charge in [0.1, 0.15) is 0 Å². The van der Waals surface area contributed by atoms with Crippen LogP contribution in [0.25, 0.3) is 0 Å². The predicted octanol–water partition coefficient (Wildman–Crippen LogP) is 10.8. The first kappa shape index (κ1) is 41.8. The molecule has 1 aliphatic rings. The van der Waals surface area contributed by atoms with Gasteiger partial charge in [-0.2, -0.15) is 0 Å². The molecule has 7 heteroatoms. The van der Waals surface area contributed by atoms with Gasteiger partial charge in [-0.25, -0.2) is 0 Å². The number of ether oxygens (including phenoxy) is 1. The smallest absolute Gasteiger partial charge is 0.261 e. The van der Waals surface area contributed by atoms with Crippen LogP contribution in [-0.2, 0) is 18.0 Å². The van der Waals surface area contributed by atoms with Gasteiger partial charge in [0.25, 0.3) is 8.32 Å². The molecule has 0 radical (unpaired) electrons. The van der Waals surface area contributed by atoms with E-state index in [0.717, 1.165) is 25.7 Å². The molecule has 49 heavy (non-hydrogen) atoms. The number of unbranched alkanes of at least 4 members (excludes halogenated alkanes) is 1. The zero-order valence-electron chi connectivity index (χ0n) is 33.6. The molecule has 0 spiro atoms. The first-order valence-electron chi connectivity index (χ1n) is 18.7. The van der Waals surface area contributed by atoms with Crippen molar-refractivity contribution in [2.45, 2.75) is 161 Å². The Balaban J connectivity index is 1.67. The van der Waals surface area contributed by atoms with Crippen molar-refractivity contribution in [3.05, 3.63) is 85.0 Å². The molecule has 0 fully saturated rings. The fraction of sp³-hybridized carbons (Fsp3) is 0.619. The molecule has 2 aromatic carbocycles. The van der Waals surface area contributed by atoms with Gasteiger partial charge in [0.05, 0.1) is 18.3 Å². The van der Waals surface area contributed by atoms with Gasteiger partial charge in [0.2, 0.25) is 0 Å². The Kier molecular flexibility index (Phi) is 14.4. The maximum atomic E-state index is 7.30. The number of rotatable bonds is 15. The molecule has 0 amide bonds. The first-order chi connectivity index (χ1) is 22.6. The minimum Gasteiger partial charge on any atom is -0.417 e. The van der Waals surface area contributed by atoms with E-state index in [1.165, 1.54) is 10.4 Å². The molecule has 274 valence electrons. The molecule has 2 aromatic rings. The molecule has 0 saturated carbocycles. The Morgan fingerprint density at radius 3 is 1.76 bits per heavy atom. The van der Waals surface area contributed by atoms with Crippen LogP contribution >= 0.6 is 0 Å². The summed E-state index contributed by atoms with van der Waals surface area (Å²) in [6.45, 7) is 33.1. The summed E-state index contributed by atoms with van der Waals surface area (Å²) >= 11 is 0. The second-order valence-corrected chi connectivity index (χ2v) is 32.0. The zero-order chi connectivity index (χ0) is 36.7. The average Bonchev–Trinajstić information content (AvgIpc) is 2.99. The maximum Gasteiger partial charge on any atom is 0.261 e. The van der Waals surface area contributed by atoms with E-state index in [1.807, 2.05) is 0 Å². The van der Waals surface area contributed by atoms with Crippen LogP contribution in [0.15, 0.2) is 85.0 Å². The van der Waals surface area contributed by atoms with Gasteiger partial charge in [0.15, 0.2) is 16.6 Å². The molecule has 0 aromatic heterocycles. The van der Waals surface area contributed by atoms with Crippen LogP contribution in [-0.4, -0.2) is 56.0 Å². The third-order valence-corrected chi connectivity index (χ3v) is 25.4. The lowest BCUT2D eigenvalue weighted by molar-refractivity contribution is -0.0451. The SMILES string of the molecule is C[C@@H](CCC/C=C/[C@H]1C=C[C@H](O[Si](C)(C)C(C)(C)C)[C@H](CCO[Si](C)(C)C(C)(C)C)O1)O[Si](c1ccccc1)(c1ccccc1)C(C)(C)C. The minimum absolute atomic E-state index is 0.0209. The highest BCUT2D eigenvalue weighted by Gasteiger charge is 2.51. The lowest BCUT2D eigenvalue weighted by atomic mass is 10.1. The topological polar surface area (TPSA) is 36.9 Å². The van der Waals surface area contributed by atoms with Gasteiger partial charge in [-0.1, -0.05) is 147 Å². The minimum atomic E-state index is -2.55. The summed E-state index contributed by atoms with van der Waals surface area (Å²) in [4.78, 5) is 0. The van der Waals surface area contributed by atoms with Gasteiger partial charge in [-0.05, 0) is 84.3 Å². The second kappa shape index (κ2) is 16.8. The van der Waals surface area contributed by atoms with E-state index >= 15 is 0 Å². The highest BCUT2D eigenvalue weighted by molar-refractivity contribution is 6.99. The molecule has 0 N–H and O–H groups in total. The fourth-order valence-electron chi connectivity index (χ4n) is 6.09. The van der Waals surface area contributed by atoms with Crippen molar-refractivity contribution < 1.29 is 18.0 Å². The quantitative estimate of drug-likeness (QED) is 0.104. The summed E-state index contributed by atoms with van der Waals surface area (Å²) < 4.78 is 27.5. The molecular weight excluding hydrogens is 653 g/mol. The monoisotopic (exact) mass is 722 g/mol. The Bertz CT molecular complexity index is 1290. The molecule has 1 aliphatic heterocycles. The molecule has 0 saturated heterocycles. The van der Waals surface area contributed by atoms with Crippen LogP contribution in [0, 0.1) is 0 Å². The van der Waals surface area contributed by atoms with Crippen LogP contribution < -0.4 is 10.4 Å². The number of hydrogen-bond donors (Lipinski definition) is 0. The summed E-state index contributed by atoms with van der Waals surface area (Å²) in [7, 11) is -6.36. The van der Waals surface area contributed by atoms with Crippen molar-refractivity contribution >= 4 is 35.3 Å². The van der Waals surface area contributed by atoms with E-state index in [9.17, 15) is 0 Å². The van der Waals surface area contributed by atoms with Crippen LogP contribution in [0.1, 0.15) is 94.9 Å². The van der Waals surface area contributed by atoms with Crippen molar-refractivity contribution in [2.75, 3.05) is 6.61 Å². The van der Waals surface area contributed by atoms with Crippen molar-refractivity contribution in [3.63, 3.8) is 0 Å². The largest absolute Gasteiger partial charge is 0.417 e. The molecule has 4 nitrogen and oxygen atoms in total. The standard InChI is InChI=1S/C42H70O4Si3/c1-34(45-49(42(8,9)10,36-26-20-16-21-27-36)37-28-22-17-23-29-37)24-18-15-19-25-35-30-31-39(46-48(13,14)41(5,6)7)38(44-35)32-33-43-47(11,12)40(2,3)4/h16-17,19-23,25-31,34-35,38-39H,15,18,24,32-33H2,1-14H3/b25-19+/t34-,35-,38-,39-/m0/s1. The predicted molar refractivity (Wildman–Crippen MR) is 219 cm³/mol. The van der Waals surface area contributed by atoms with Gasteiger partial charge < -0.3 is 18.0 Å². The second-order valence-electron chi connectivity index (χ2n) is 18.2. The number of benzene rings is 2. The summed E-state index contributed by atoms with van der Waals surface area (Å²) in [6, 6.07) is 21.9. The Labute approximate surface area is 304 Å². The van der Waals surface area contributed by atoms with Gasteiger partial charge in [0, 0.05) is 12.7 Å². The third kappa shape index (κ3) is 11.0. The molecular formula is C42H70O4Si3. The highest BCUT2D eigenvalue weighted by atomic mass is 28.4. The van der Waals surface area contributed by atoms with Crippen LogP contribution in [0.4, 0.5) is 0 Å². The Morgan fingerprint density at radius 2 is 1.27 bits per heavy atom. The summed E-state index contributed by atoms with van der Waals surface area (Å²) in [5, 5.41) is 2.97. The number of allylic oxidation sites excluding steroid dienone is 1. The summed E-state index contributed by atoms with van der Waals surface area (Å²) in [5.74, 6) is 0. The number of hydrogen-bond acceptors (Lipinski definition) is 4. The van der Waals surface area contributed by atoms with E-state index in [4.69, 9.17) is 18.0 Å². The normalized spacial score (nSPS) is 20.6. The summed E-state index contributed by atoms with van der Waals surface area (Å²) in [5.41, 5.74) is 0. The van der Waals surface area contributed by atoms with Crippen molar-refractivity contribution in [2.24, 2.45) is 0 Å². The lowest BCUT2D eigenvalue weighted by Gasteiger charge is -2.44. The Hall–Kier alpha value is -1.59. The van der Waals surface area contributed by atoms with Gasteiger partial charge >= 0.3 is 0 Å². The van der Waals surface area contributed by atoms with Crippen molar-refractivity contribution in [1.82, 2.24) is 0 Å².